The van der Waals surface area contributed by atoms with Crippen LogP contribution in [0.5, 0.6) is 0 Å². The Kier molecular flexibility index (Phi) is 14.3. The third-order valence-electron chi connectivity index (χ3n) is 4.70. The Labute approximate surface area is 246 Å². The first kappa shape index (κ1) is 37.3. The maximum absolute atomic E-state index is 12.6. The van der Waals surface area contributed by atoms with Gasteiger partial charge in [-0.3, -0.25) is 4.79 Å². The summed E-state index contributed by atoms with van der Waals surface area (Å²) >= 11 is 5.66. The summed E-state index contributed by atoms with van der Waals surface area (Å²) in [5.74, 6) is 0. The second-order valence-corrected chi connectivity index (χ2v) is 9.72. The van der Waals surface area contributed by atoms with Crippen LogP contribution in [-0.2, 0) is 12.4 Å². The predicted molar refractivity (Wildman–Crippen MR) is 154 cm³/mol. The molecular weight excluding hydrogens is 642 g/mol. The quantitative estimate of drug-likeness (QED) is 0.120. The van der Waals surface area contributed by atoms with Crippen LogP contribution in [0.4, 0.5) is 26.3 Å². The fourth-order valence-corrected chi connectivity index (χ4v) is 4.30. The normalized spacial score (nSPS) is 10.8. The Hall–Kier alpha value is -2.71. The van der Waals surface area contributed by atoms with Crippen molar-refractivity contribution in [2.24, 2.45) is 0 Å². The van der Waals surface area contributed by atoms with Crippen LogP contribution in [0.15, 0.2) is 75.2 Å². The molecule has 0 aliphatic heterocycles. The van der Waals surface area contributed by atoms with Crippen molar-refractivity contribution in [2.75, 3.05) is 12.5 Å². The van der Waals surface area contributed by atoms with E-state index in [1.165, 1.54) is 45.0 Å². The fourth-order valence-electron chi connectivity index (χ4n) is 2.94. The van der Waals surface area contributed by atoms with Crippen LogP contribution in [0.25, 0.3) is 11.4 Å². The number of aromatic nitrogens is 4. The molecule has 0 saturated carbocycles. The average Bonchev–Trinajstić information content (AvgIpc) is 3.50. The van der Waals surface area contributed by atoms with Crippen molar-refractivity contribution in [1.29, 1.82) is 0 Å². The third-order valence-corrected chi connectivity index (χ3v) is 6.64. The van der Waals surface area contributed by atoms with Gasteiger partial charge in [0.15, 0.2) is 11.4 Å². The lowest BCUT2D eigenvalue weighted by Gasteiger charge is -2.05. The SMILES string of the molecule is C.C.C.CSc1cc(C(F)(F)F)nn1-c1ccc(Br)cc1.CSc1cc(C(F)(F)F)nn1-c1ccc(C=O)cc1. The third kappa shape index (κ3) is 9.16. The molecule has 14 heteroatoms. The second-order valence-electron chi connectivity index (χ2n) is 7.15. The minimum absolute atomic E-state index is 0. The molecule has 0 spiro atoms. The molecule has 2 heterocycles. The van der Waals surface area contributed by atoms with Crippen molar-refractivity contribution in [3.63, 3.8) is 0 Å². The molecule has 4 aromatic rings. The van der Waals surface area contributed by atoms with Crippen LogP contribution in [0.3, 0.4) is 0 Å². The molecule has 0 bridgehead atoms. The number of carbonyl (C=O) groups is 1. The van der Waals surface area contributed by atoms with Crippen LogP contribution in [-0.4, -0.2) is 38.4 Å². The number of hydrogen-bond donors (Lipinski definition) is 0. The predicted octanol–water partition coefficient (Wildman–Crippen LogP) is 9.71. The monoisotopic (exact) mass is 670 g/mol. The van der Waals surface area contributed by atoms with Gasteiger partial charge in [-0.2, -0.15) is 36.5 Å². The maximum atomic E-state index is 12.6. The number of nitrogens with zero attached hydrogens (tertiary/aromatic N) is 4. The summed E-state index contributed by atoms with van der Waals surface area (Å²) in [6.45, 7) is 0. The van der Waals surface area contributed by atoms with Crippen molar-refractivity contribution < 1.29 is 31.1 Å². The van der Waals surface area contributed by atoms with Gasteiger partial charge in [-0.25, -0.2) is 9.36 Å². The van der Waals surface area contributed by atoms with E-state index in [1.54, 1.807) is 48.9 Å². The molecule has 0 atom stereocenters. The summed E-state index contributed by atoms with van der Waals surface area (Å²) in [7, 11) is 0. The van der Waals surface area contributed by atoms with Crippen molar-refractivity contribution in [3.8, 4) is 11.4 Å². The summed E-state index contributed by atoms with van der Waals surface area (Å²) in [6, 6.07) is 15.1. The van der Waals surface area contributed by atoms with Gasteiger partial charge in [0, 0.05) is 22.2 Å². The summed E-state index contributed by atoms with van der Waals surface area (Å²) in [6.07, 6.45) is -4.84. The lowest BCUT2D eigenvalue weighted by molar-refractivity contribution is -0.142. The van der Waals surface area contributed by atoms with Gasteiger partial charge >= 0.3 is 12.4 Å². The molecule has 0 aliphatic rings. The van der Waals surface area contributed by atoms with E-state index in [1.807, 2.05) is 0 Å². The zero-order chi connectivity index (χ0) is 27.4. The van der Waals surface area contributed by atoms with Gasteiger partial charge in [0.25, 0.3) is 0 Å². The highest BCUT2D eigenvalue weighted by molar-refractivity contribution is 9.10. The first-order valence-electron chi connectivity index (χ1n) is 10.1. The van der Waals surface area contributed by atoms with E-state index in [4.69, 9.17) is 0 Å². The molecule has 0 N–H and O–H groups in total. The number of hydrogen-bond acceptors (Lipinski definition) is 5. The van der Waals surface area contributed by atoms with Crippen molar-refractivity contribution in [2.45, 2.75) is 44.7 Å². The first-order chi connectivity index (χ1) is 17.4. The molecule has 220 valence electrons. The number of rotatable bonds is 5. The molecule has 5 nitrogen and oxygen atoms in total. The van der Waals surface area contributed by atoms with Gasteiger partial charge in [-0.05, 0) is 61.0 Å². The highest BCUT2D eigenvalue weighted by Gasteiger charge is 2.36. The Balaban J connectivity index is 0.000000708. The molecule has 0 radical (unpaired) electrons. The zero-order valence-electron chi connectivity index (χ0n) is 19.0. The smallest absolute Gasteiger partial charge is 0.298 e. The highest BCUT2D eigenvalue weighted by Crippen LogP contribution is 2.33. The van der Waals surface area contributed by atoms with Gasteiger partial charge in [0.2, 0.25) is 0 Å². The molecule has 0 unspecified atom stereocenters. The zero-order valence-corrected chi connectivity index (χ0v) is 22.2. The van der Waals surface area contributed by atoms with Crippen LogP contribution >= 0.6 is 39.5 Å². The van der Waals surface area contributed by atoms with Gasteiger partial charge < -0.3 is 0 Å². The Morgan fingerprint density at radius 3 is 1.35 bits per heavy atom. The molecule has 4 rings (SSSR count). The number of halogens is 7. The topological polar surface area (TPSA) is 52.7 Å². The van der Waals surface area contributed by atoms with Crippen LogP contribution in [0.1, 0.15) is 44.0 Å². The van der Waals surface area contributed by atoms with Gasteiger partial charge in [-0.1, -0.05) is 38.2 Å². The summed E-state index contributed by atoms with van der Waals surface area (Å²) in [4.78, 5) is 10.5. The molecule has 2 aromatic heterocycles. The fraction of sp³-hybridized carbons (Fsp3) is 0.269. The maximum Gasteiger partial charge on any atom is 0.435 e. The van der Waals surface area contributed by atoms with E-state index in [-0.39, 0.29) is 22.3 Å². The number of thioether (sulfide) groups is 2. The number of benzene rings is 2. The van der Waals surface area contributed by atoms with Crippen LogP contribution in [0, 0.1) is 0 Å². The molecular formula is C26H29BrF6N4OS2. The Morgan fingerprint density at radius 2 is 1.05 bits per heavy atom. The van der Waals surface area contributed by atoms with Crippen molar-refractivity contribution >= 4 is 45.7 Å². The van der Waals surface area contributed by atoms with Gasteiger partial charge in [0.05, 0.1) is 11.4 Å². The minimum atomic E-state index is -4.47. The first-order valence-corrected chi connectivity index (χ1v) is 13.4. The number of carbonyl (C=O) groups excluding carboxylic acids is 1. The number of aldehydes is 1. The number of alkyl halides is 6. The van der Waals surface area contributed by atoms with E-state index >= 15 is 0 Å². The van der Waals surface area contributed by atoms with Crippen LogP contribution < -0.4 is 0 Å². The van der Waals surface area contributed by atoms with E-state index in [9.17, 15) is 31.1 Å². The minimum Gasteiger partial charge on any atom is -0.298 e. The second kappa shape index (κ2) is 15.3. The molecule has 0 amide bonds. The Bertz CT molecular complexity index is 1350. The molecule has 0 saturated heterocycles. The molecule has 40 heavy (non-hydrogen) atoms. The lowest BCUT2D eigenvalue weighted by Crippen LogP contribution is -2.07. The standard InChI is InChI=1S/C12H9F3N2OS.C11H8BrF3N2S.3CH4/c1-19-11-6-10(12(13,14)15)16-17(11)9-4-2-8(7-18)3-5-9;1-18-10-6-9(11(13,14)15)16-17(10)8-4-2-7(12)3-5-8;;;/h2-7H,1H3;2-6H,1H3;3*1H4. The lowest BCUT2D eigenvalue weighted by atomic mass is 10.2. The van der Waals surface area contributed by atoms with E-state index in [0.717, 1.165) is 16.6 Å². The van der Waals surface area contributed by atoms with E-state index in [0.29, 0.717) is 33.3 Å². The average molecular weight is 672 g/mol. The summed E-state index contributed by atoms with van der Waals surface area (Å²) in [5.41, 5.74) is -0.285. The molecule has 2 aromatic carbocycles. The Morgan fingerprint density at radius 1 is 0.700 bits per heavy atom. The van der Waals surface area contributed by atoms with Gasteiger partial charge in [0.1, 0.15) is 16.3 Å². The largest absolute Gasteiger partial charge is 0.435 e. The van der Waals surface area contributed by atoms with E-state index in [2.05, 4.69) is 26.1 Å². The molecule has 0 aliphatic carbocycles. The summed E-state index contributed by atoms with van der Waals surface area (Å²) < 4.78 is 79.0. The highest BCUT2D eigenvalue weighted by atomic mass is 79.9. The van der Waals surface area contributed by atoms with Crippen molar-refractivity contribution in [1.82, 2.24) is 19.6 Å². The molecule has 0 fully saturated rings. The van der Waals surface area contributed by atoms with Gasteiger partial charge in [-0.15, -0.1) is 23.5 Å². The summed E-state index contributed by atoms with van der Waals surface area (Å²) in [5, 5.41) is 8.00. The van der Waals surface area contributed by atoms with E-state index < -0.39 is 23.7 Å². The van der Waals surface area contributed by atoms with Crippen LogP contribution in [0.2, 0.25) is 0 Å². The van der Waals surface area contributed by atoms with Crippen molar-refractivity contribution in [3.05, 3.63) is 82.1 Å².